The summed E-state index contributed by atoms with van der Waals surface area (Å²) in [5.41, 5.74) is 5.19. The second-order valence-corrected chi connectivity index (χ2v) is 6.83. The Morgan fingerprint density at radius 1 is 1.19 bits per heavy atom. The van der Waals surface area contributed by atoms with Crippen molar-refractivity contribution >= 4 is 28.6 Å². The van der Waals surface area contributed by atoms with E-state index in [1.165, 1.54) is 11.8 Å². The van der Waals surface area contributed by atoms with Crippen LogP contribution in [0.1, 0.15) is 5.69 Å². The maximum Gasteiger partial charge on any atom is 0.313 e. The summed E-state index contributed by atoms with van der Waals surface area (Å²) in [6.45, 7) is 2.01. The Labute approximate surface area is 153 Å². The molecule has 0 fully saturated rings. The van der Waals surface area contributed by atoms with Gasteiger partial charge in [0.05, 0.1) is 11.3 Å². The van der Waals surface area contributed by atoms with Gasteiger partial charge in [-0.1, -0.05) is 30.0 Å². The van der Waals surface area contributed by atoms with Crippen molar-refractivity contribution in [1.29, 1.82) is 0 Å². The van der Waals surface area contributed by atoms with Crippen molar-refractivity contribution in [3.63, 3.8) is 0 Å². The molecule has 0 aliphatic rings. The molecule has 0 aliphatic heterocycles. The van der Waals surface area contributed by atoms with Gasteiger partial charge < -0.3 is 5.11 Å². The molecule has 7 heteroatoms. The van der Waals surface area contributed by atoms with Gasteiger partial charge in [-0.05, 0) is 42.3 Å². The fourth-order valence-electron chi connectivity index (χ4n) is 2.85. The van der Waals surface area contributed by atoms with E-state index in [2.05, 4.69) is 39.4 Å². The van der Waals surface area contributed by atoms with Gasteiger partial charge in [0.15, 0.2) is 5.16 Å². The number of aryl methyl sites for hydroxylation is 1. The summed E-state index contributed by atoms with van der Waals surface area (Å²) in [6, 6.07) is 14.3. The van der Waals surface area contributed by atoms with Crippen LogP contribution in [0.15, 0.2) is 60.0 Å². The Hall–Kier alpha value is -3.06. The summed E-state index contributed by atoms with van der Waals surface area (Å²) in [7, 11) is 0. The minimum atomic E-state index is -0.857. The number of nitrogens with zero attached hydrogens (tertiary/aromatic N) is 3. The summed E-state index contributed by atoms with van der Waals surface area (Å²) in [6.07, 6.45) is 3.51. The lowest BCUT2D eigenvalue weighted by Gasteiger charge is -2.08. The topological polar surface area (TPSA) is 83.8 Å². The van der Waals surface area contributed by atoms with Gasteiger partial charge >= 0.3 is 5.97 Å². The van der Waals surface area contributed by atoms with Crippen LogP contribution in [-0.2, 0) is 4.79 Å². The van der Waals surface area contributed by atoms with Crippen LogP contribution in [0.25, 0.3) is 27.7 Å². The zero-order valence-electron chi connectivity index (χ0n) is 14.0. The number of carboxylic acids is 1. The molecule has 0 bridgehead atoms. The van der Waals surface area contributed by atoms with Crippen LogP contribution >= 0.6 is 11.8 Å². The van der Waals surface area contributed by atoms with Crippen LogP contribution in [0.3, 0.4) is 0 Å². The monoisotopic (exact) mass is 364 g/mol. The summed E-state index contributed by atoms with van der Waals surface area (Å²) >= 11 is 1.20. The number of aromatic nitrogens is 4. The lowest BCUT2D eigenvalue weighted by atomic mass is 10.0. The van der Waals surface area contributed by atoms with E-state index in [0.29, 0.717) is 5.16 Å². The van der Waals surface area contributed by atoms with Crippen molar-refractivity contribution in [2.24, 2.45) is 0 Å². The molecule has 0 spiro atoms. The maximum absolute atomic E-state index is 10.8. The molecule has 26 heavy (non-hydrogen) atoms. The van der Waals surface area contributed by atoms with Crippen molar-refractivity contribution in [3.8, 4) is 16.8 Å². The number of aromatic amines is 1. The first-order chi connectivity index (χ1) is 12.6. The second kappa shape index (κ2) is 6.68. The molecule has 4 rings (SSSR count). The second-order valence-electron chi connectivity index (χ2n) is 5.89. The SMILES string of the molecule is Cc1[nH]nc2ccc(-c3ccc(-n4ccnc4SCC(=O)O)cc3)cc12. The quantitative estimate of drug-likeness (QED) is 0.525. The van der Waals surface area contributed by atoms with Crippen LogP contribution in [0.2, 0.25) is 0 Å². The fraction of sp³-hybridized carbons (Fsp3) is 0.105. The van der Waals surface area contributed by atoms with Crippen LogP contribution in [0, 0.1) is 6.92 Å². The smallest absolute Gasteiger partial charge is 0.313 e. The fourth-order valence-corrected chi connectivity index (χ4v) is 3.54. The van der Waals surface area contributed by atoms with Crippen LogP contribution in [0.5, 0.6) is 0 Å². The third kappa shape index (κ3) is 3.09. The lowest BCUT2D eigenvalue weighted by molar-refractivity contribution is -0.133. The van der Waals surface area contributed by atoms with E-state index in [1.807, 2.05) is 35.9 Å². The Balaban J connectivity index is 1.63. The zero-order valence-corrected chi connectivity index (χ0v) is 14.8. The predicted octanol–water partition coefficient (Wildman–Crippen LogP) is 3.90. The van der Waals surface area contributed by atoms with Gasteiger partial charge in [0.2, 0.25) is 0 Å². The highest BCUT2D eigenvalue weighted by atomic mass is 32.2. The molecular formula is C19H16N4O2S. The van der Waals surface area contributed by atoms with Crippen molar-refractivity contribution in [3.05, 3.63) is 60.6 Å². The Kier molecular flexibility index (Phi) is 4.22. The number of nitrogens with one attached hydrogen (secondary N) is 1. The number of rotatable bonds is 5. The van der Waals surface area contributed by atoms with E-state index in [0.717, 1.165) is 33.4 Å². The number of carboxylic acid groups (broad SMARTS) is 1. The number of hydrogen-bond donors (Lipinski definition) is 2. The minimum Gasteiger partial charge on any atom is -0.481 e. The molecule has 0 atom stereocenters. The first kappa shape index (κ1) is 16.4. The standard InChI is InChI=1S/C19H16N4O2S/c1-12-16-10-14(4-7-17(16)22-21-12)13-2-5-15(6-3-13)23-9-8-20-19(23)26-11-18(24)25/h2-10H,11H2,1H3,(H,21,22)(H,24,25). The van der Waals surface area contributed by atoms with Crippen molar-refractivity contribution in [2.75, 3.05) is 5.75 Å². The molecule has 0 aliphatic carbocycles. The lowest BCUT2D eigenvalue weighted by Crippen LogP contribution is -2.01. The first-order valence-electron chi connectivity index (χ1n) is 8.05. The number of carbonyl (C=O) groups is 1. The molecule has 2 aromatic carbocycles. The number of H-pyrrole nitrogens is 1. The highest BCUT2D eigenvalue weighted by Crippen LogP contribution is 2.27. The largest absolute Gasteiger partial charge is 0.481 e. The van der Waals surface area contributed by atoms with Gasteiger partial charge in [-0.15, -0.1) is 0 Å². The summed E-state index contributed by atoms with van der Waals surface area (Å²) in [5.74, 6) is -0.871. The molecular weight excluding hydrogens is 348 g/mol. The molecule has 4 aromatic rings. The molecule has 2 N–H and O–H groups in total. The molecule has 0 radical (unpaired) electrons. The molecule has 0 amide bonds. The van der Waals surface area contributed by atoms with E-state index in [-0.39, 0.29) is 5.75 Å². The average molecular weight is 364 g/mol. The summed E-state index contributed by atoms with van der Waals surface area (Å²) in [5, 5.41) is 17.9. The van der Waals surface area contributed by atoms with Crippen LogP contribution < -0.4 is 0 Å². The molecule has 0 unspecified atom stereocenters. The number of thioether (sulfide) groups is 1. The number of aliphatic carboxylic acids is 1. The summed E-state index contributed by atoms with van der Waals surface area (Å²) < 4.78 is 1.89. The Bertz CT molecular complexity index is 1080. The molecule has 130 valence electrons. The van der Waals surface area contributed by atoms with E-state index in [1.54, 1.807) is 6.20 Å². The van der Waals surface area contributed by atoms with Gasteiger partial charge in [0, 0.05) is 29.2 Å². The van der Waals surface area contributed by atoms with E-state index in [9.17, 15) is 4.79 Å². The van der Waals surface area contributed by atoms with E-state index >= 15 is 0 Å². The number of imidazole rings is 1. The third-order valence-corrected chi connectivity index (χ3v) is 5.11. The molecule has 0 saturated carbocycles. The highest BCUT2D eigenvalue weighted by molar-refractivity contribution is 7.99. The van der Waals surface area contributed by atoms with Crippen LogP contribution in [-0.4, -0.2) is 36.6 Å². The van der Waals surface area contributed by atoms with Gasteiger partial charge in [-0.3, -0.25) is 14.5 Å². The molecule has 0 saturated heterocycles. The van der Waals surface area contributed by atoms with Gasteiger partial charge in [0.1, 0.15) is 0 Å². The minimum absolute atomic E-state index is 0.0147. The number of fused-ring (bicyclic) bond motifs is 1. The van der Waals surface area contributed by atoms with Crippen molar-refractivity contribution < 1.29 is 9.90 Å². The zero-order chi connectivity index (χ0) is 18.1. The molecule has 2 heterocycles. The van der Waals surface area contributed by atoms with Gasteiger partial charge in [-0.2, -0.15) is 5.10 Å². The van der Waals surface area contributed by atoms with E-state index < -0.39 is 5.97 Å². The number of hydrogen-bond acceptors (Lipinski definition) is 4. The highest BCUT2D eigenvalue weighted by Gasteiger charge is 2.09. The van der Waals surface area contributed by atoms with Crippen LogP contribution in [0.4, 0.5) is 0 Å². The Morgan fingerprint density at radius 2 is 1.96 bits per heavy atom. The van der Waals surface area contributed by atoms with Crippen molar-refractivity contribution in [2.45, 2.75) is 12.1 Å². The predicted molar refractivity (Wildman–Crippen MR) is 102 cm³/mol. The first-order valence-corrected chi connectivity index (χ1v) is 9.04. The molecule has 6 nitrogen and oxygen atoms in total. The van der Waals surface area contributed by atoms with Crippen molar-refractivity contribution in [1.82, 2.24) is 19.7 Å². The Morgan fingerprint density at radius 3 is 2.73 bits per heavy atom. The normalized spacial score (nSPS) is 11.1. The summed E-state index contributed by atoms with van der Waals surface area (Å²) in [4.78, 5) is 15.0. The third-order valence-electron chi connectivity index (χ3n) is 4.15. The molecule has 2 aromatic heterocycles. The average Bonchev–Trinajstić information content (AvgIpc) is 3.27. The van der Waals surface area contributed by atoms with Gasteiger partial charge in [-0.25, -0.2) is 4.98 Å². The maximum atomic E-state index is 10.8. The number of benzene rings is 2. The van der Waals surface area contributed by atoms with E-state index in [4.69, 9.17) is 5.11 Å². The van der Waals surface area contributed by atoms with Gasteiger partial charge in [0.25, 0.3) is 0 Å².